The van der Waals surface area contributed by atoms with E-state index in [2.05, 4.69) is 0 Å². The van der Waals surface area contributed by atoms with Gasteiger partial charge < -0.3 is 31.1 Å². The zero-order valence-electron chi connectivity index (χ0n) is 21.0. The lowest BCUT2D eigenvalue weighted by Crippen LogP contribution is -2.58. The van der Waals surface area contributed by atoms with Crippen molar-refractivity contribution in [3.05, 3.63) is 68.5 Å². The molecule has 0 saturated heterocycles. The van der Waals surface area contributed by atoms with Crippen LogP contribution in [0.3, 0.4) is 0 Å². The summed E-state index contributed by atoms with van der Waals surface area (Å²) in [4.78, 5) is 50.5. The third kappa shape index (κ3) is 3.59. The van der Waals surface area contributed by atoms with Gasteiger partial charge in [-0.25, -0.2) is 0 Å². The number of aliphatic hydroxyl groups is 3. The first-order valence-electron chi connectivity index (χ1n) is 12.1. The summed E-state index contributed by atoms with van der Waals surface area (Å²) in [5.41, 5.74) is 2.66. The monoisotopic (exact) mass is 535 g/mol. The number of phenolic OH excluding ortho intramolecular Hbond substituents is 1. The summed E-state index contributed by atoms with van der Waals surface area (Å²) in [5.74, 6) is -7.12. The van der Waals surface area contributed by atoms with Crippen LogP contribution in [0.25, 0.3) is 16.9 Å². The van der Waals surface area contributed by atoms with Crippen LogP contribution in [-0.4, -0.2) is 62.5 Å². The van der Waals surface area contributed by atoms with Crippen molar-refractivity contribution in [2.24, 2.45) is 17.6 Å². The molecule has 3 aliphatic carbocycles. The number of rotatable bonds is 4. The van der Waals surface area contributed by atoms with Crippen molar-refractivity contribution in [3.63, 3.8) is 0 Å². The van der Waals surface area contributed by atoms with E-state index in [9.17, 15) is 44.9 Å². The molecule has 0 radical (unpaired) electrons. The Kier molecular flexibility index (Phi) is 5.76. The molecule has 0 heterocycles. The van der Waals surface area contributed by atoms with E-state index < -0.39 is 69.1 Å². The maximum Gasteiger partial charge on any atom is 0.270 e. The molecule has 12 nitrogen and oxygen atoms in total. The Morgan fingerprint density at radius 2 is 1.85 bits per heavy atom. The molecule has 0 spiro atoms. The number of nitrogens with two attached hydrogens (primary N) is 1. The van der Waals surface area contributed by atoms with Crippen LogP contribution < -0.4 is 10.6 Å². The number of aromatic hydroxyl groups is 1. The number of aliphatic hydroxyl groups excluding tert-OH is 2. The molecule has 12 heteroatoms. The number of primary amides is 1. The van der Waals surface area contributed by atoms with Crippen LogP contribution in [0, 0.1) is 22.0 Å². The highest BCUT2D eigenvalue weighted by atomic mass is 16.6. The molecule has 2 aromatic carbocycles. The number of benzene rings is 2. The van der Waals surface area contributed by atoms with Gasteiger partial charge in [0.25, 0.3) is 11.6 Å². The van der Waals surface area contributed by atoms with Gasteiger partial charge in [-0.3, -0.25) is 24.5 Å². The van der Waals surface area contributed by atoms with Crippen LogP contribution in [0.2, 0.25) is 0 Å². The van der Waals surface area contributed by atoms with Crippen molar-refractivity contribution in [2.75, 3.05) is 19.0 Å². The predicted molar refractivity (Wildman–Crippen MR) is 138 cm³/mol. The summed E-state index contributed by atoms with van der Waals surface area (Å²) < 4.78 is 0. The fourth-order valence-electron chi connectivity index (χ4n) is 6.08. The van der Waals surface area contributed by atoms with E-state index in [1.807, 2.05) is 0 Å². The van der Waals surface area contributed by atoms with Crippen LogP contribution in [0.4, 0.5) is 11.4 Å². The summed E-state index contributed by atoms with van der Waals surface area (Å²) in [6.45, 7) is 0. The fraction of sp³-hybridized carbons (Fsp3) is 0.296. The molecule has 1 saturated carbocycles. The van der Waals surface area contributed by atoms with Gasteiger partial charge >= 0.3 is 0 Å². The molecule has 39 heavy (non-hydrogen) atoms. The van der Waals surface area contributed by atoms with Gasteiger partial charge in [-0.2, -0.15) is 0 Å². The number of nitro benzene ring substituents is 1. The van der Waals surface area contributed by atoms with E-state index in [4.69, 9.17) is 5.73 Å². The highest BCUT2D eigenvalue weighted by Gasteiger charge is 2.60. The molecule has 3 unspecified atom stereocenters. The first kappa shape index (κ1) is 25.9. The zero-order chi connectivity index (χ0) is 28.5. The third-order valence-electron chi connectivity index (χ3n) is 7.89. The molecular formula is C27H25N3O9. The number of carbonyl (C=O) groups excluding carboxylic acids is 3. The first-order chi connectivity index (χ1) is 18.3. The van der Waals surface area contributed by atoms with E-state index in [1.165, 1.54) is 18.2 Å². The van der Waals surface area contributed by atoms with Crippen LogP contribution >= 0.6 is 0 Å². The maximum absolute atomic E-state index is 13.7. The number of nitrogens with zero attached hydrogens (tertiary/aromatic N) is 2. The third-order valence-corrected chi connectivity index (χ3v) is 7.89. The van der Waals surface area contributed by atoms with Crippen LogP contribution in [0.15, 0.2) is 47.2 Å². The Morgan fingerprint density at radius 1 is 1.15 bits per heavy atom. The van der Waals surface area contributed by atoms with Crippen molar-refractivity contribution >= 4 is 34.6 Å². The Morgan fingerprint density at radius 3 is 2.46 bits per heavy atom. The van der Waals surface area contributed by atoms with E-state index in [-0.39, 0.29) is 35.2 Å². The summed E-state index contributed by atoms with van der Waals surface area (Å²) >= 11 is 0. The number of non-ortho nitro benzene ring substituents is 1. The Labute approximate surface area is 221 Å². The Bertz CT molecular complexity index is 1570. The van der Waals surface area contributed by atoms with Crippen LogP contribution in [0.1, 0.15) is 24.0 Å². The number of ketones is 2. The van der Waals surface area contributed by atoms with Crippen LogP contribution in [-0.2, 0) is 20.8 Å². The molecule has 6 N–H and O–H groups in total. The Hall–Kier alpha value is -4.71. The number of hydrogen-bond acceptors (Lipinski definition) is 10. The molecule has 1 amide bonds. The van der Waals surface area contributed by atoms with Gasteiger partial charge in [-0.1, -0.05) is 12.1 Å². The molecule has 0 aromatic heterocycles. The number of carbonyl (C=O) groups is 3. The SMILES string of the molecule is CN(C)c1cc(-c2cccc([N+](=O)[O-])c2)c(O)c2c1CC1CC3CC(=O)C(C(N)=O)=C(O)C3(O)C(=O)C1=C2O. The normalized spacial score (nSPS) is 24.2. The molecule has 2 aromatic rings. The molecule has 0 bridgehead atoms. The van der Waals surface area contributed by atoms with E-state index in [0.29, 0.717) is 16.8 Å². The van der Waals surface area contributed by atoms with Crippen molar-refractivity contribution in [1.82, 2.24) is 0 Å². The lowest BCUT2D eigenvalue weighted by Gasteiger charge is -2.46. The van der Waals surface area contributed by atoms with Crippen molar-refractivity contribution < 1.29 is 39.7 Å². The molecular weight excluding hydrogens is 510 g/mol. The Balaban J connectivity index is 1.75. The molecule has 202 valence electrons. The lowest BCUT2D eigenvalue weighted by atomic mass is 9.59. The molecule has 1 fully saturated rings. The van der Waals surface area contributed by atoms with Gasteiger partial charge in [-0.15, -0.1) is 0 Å². The smallest absolute Gasteiger partial charge is 0.270 e. The highest BCUT2D eigenvalue weighted by molar-refractivity contribution is 6.22. The largest absolute Gasteiger partial charge is 0.508 e. The topological polar surface area (TPSA) is 205 Å². The zero-order valence-corrected chi connectivity index (χ0v) is 21.0. The van der Waals surface area contributed by atoms with Gasteiger partial charge in [-0.05, 0) is 36.0 Å². The number of nitro groups is 1. The molecule has 0 aliphatic heterocycles. The van der Waals surface area contributed by atoms with Gasteiger partial charge in [0, 0.05) is 55.4 Å². The van der Waals surface area contributed by atoms with Gasteiger partial charge in [0.05, 0.1) is 10.5 Å². The number of Topliss-reactive ketones (excluding diaryl/α,β-unsaturated/α-hetero) is 2. The quantitative estimate of drug-likeness (QED) is 0.219. The highest BCUT2D eigenvalue weighted by Crippen LogP contribution is 2.54. The number of hydrogen-bond donors (Lipinski definition) is 5. The number of amides is 1. The maximum atomic E-state index is 13.7. The van der Waals surface area contributed by atoms with Crippen molar-refractivity contribution in [3.8, 4) is 16.9 Å². The van der Waals surface area contributed by atoms with Crippen LogP contribution in [0.5, 0.6) is 5.75 Å². The van der Waals surface area contributed by atoms with Gasteiger partial charge in [0.1, 0.15) is 22.8 Å². The minimum Gasteiger partial charge on any atom is -0.508 e. The second kappa shape index (κ2) is 8.67. The minimum absolute atomic E-state index is 0.0170. The van der Waals surface area contributed by atoms with Crippen molar-refractivity contribution in [1.29, 1.82) is 0 Å². The van der Waals surface area contributed by atoms with Gasteiger partial charge in [0.2, 0.25) is 5.78 Å². The summed E-state index contributed by atoms with van der Waals surface area (Å²) in [5, 5.41) is 56.2. The lowest BCUT2D eigenvalue weighted by molar-refractivity contribution is -0.384. The second-order valence-electron chi connectivity index (χ2n) is 10.3. The minimum atomic E-state index is -2.66. The molecule has 3 aliphatic rings. The first-order valence-corrected chi connectivity index (χ1v) is 12.1. The number of fused-ring (bicyclic) bond motifs is 3. The second-order valence-corrected chi connectivity index (χ2v) is 10.3. The standard InChI is InChI=1S/C27H25N3O9/c1-29(2)17-10-15(11-4-3-5-14(7-11)30(38)39)22(32)20-16(17)8-12-6-13-9-18(31)21(26(28)36)25(35)27(13,37)24(34)19(12)23(20)33/h3-5,7,10,12-13,32-33,35,37H,6,8-9H2,1-2H3,(H2,28,36). The summed E-state index contributed by atoms with van der Waals surface area (Å²) in [6.07, 6.45) is -0.243. The van der Waals surface area contributed by atoms with E-state index >= 15 is 0 Å². The van der Waals surface area contributed by atoms with Gasteiger partial charge in [0.15, 0.2) is 11.4 Å². The number of anilines is 1. The van der Waals surface area contributed by atoms with E-state index in [0.717, 1.165) is 0 Å². The van der Waals surface area contributed by atoms with E-state index in [1.54, 1.807) is 31.1 Å². The number of phenols is 1. The average molecular weight is 536 g/mol. The fourth-order valence-corrected chi connectivity index (χ4v) is 6.08. The summed E-state index contributed by atoms with van der Waals surface area (Å²) in [6, 6.07) is 7.19. The molecule has 3 atom stereocenters. The average Bonchev–Trinajstić information content (AvgIpc) is 2.86. The predicted octanol–water partition coefficient (Wildman–Crippen LogP) is 2.07. The summed E-state index contributed by atoms with van der Waals surface area (Å²) in [7, 11) is 3.47. The molecule has 5 rings (SSSR count). The van der Waals surface area contributed by atoms with Crippen molar-refractivity contribution in [2.45, 2.75) is 24.9 Å².